The largest absolute Gasteiger partial charge is 0.481 e. The molecule has 5 nitrogen and oxygen atoms in total. The Hall–Kier alpha value is -2.30. The Morgan fingerprint density at radius 1 is 1.35 bits per heavy atom. The third kappa shape index (κ3) is 3.38. The van der Waals surface area contributed by atoms with Crippen LogP contribution in [0.15, 0.2) is 30.5 Å². The minimum Gasteiger partial charge on any atom is -0.481 e. The van der Waals surface area contributed by atoms with Gasteiger partial charge in [-0.25, -0.2) is 0 Å². The molecule has 0 radical (unpaired) electrons. The van der Waals surface area contributed by atoms with E-state index >= 15 is 0 Å². The minimum atomic E-state index is -0.899. The molecule has 1 heterocycles. The number of hydrogen-bond donors (Lipinski definition) is 3. The Balaban J connectivity index is 2.02. The maximum Gasteiger partial charge on any atom is 0.305 e. The first kappa shape index (κ1) is 14.1. The van der Waals surface area contributed by atoms with E-state index in [1.54, 1.807) is 0 Å². The summed E-state index contributed by atoms with van der Waals surface area (Å²) >= 11 is 0. The second-order valence-corrected chi connectivity index (χ2v) is 4.81. The van der Waals surface area contributed by atoms with E-state index in [4.69, 9.17) is 5.11 Å². The zero-order valence-electron chi connectivity index (χ0n) is 11.3. The SMILES string of the molecule is CCC(CC(=O)O)NC(=O)Cc1c[nH]c2ccccc12. The van der Waals surface area contributed by atoms with Gasteiger partial charge in [0.1, 0.15) is 0 Å². The van der Waals surface area contributed by atoms with Crippen molar-refractivity contribution in [2.24, 2.45) is 0 Å². The van der Waals surface area contributed by atoms with Gasteiger partial charge in [-0.1, -0.05) is 25.1 Å². The lowest BCUT2D eigenvalue weighted by molar-refractivity contribution is -0.137. The van der Waals surface area contributed by atoms with Crippen LogP contribution in [-0.2, 0) is 16.0 Å². The number of aliphatic carboxylic acids is 1. The average Bonchev–Trinajstić information content (AvgIpc) is 2.81. The Morgan fingerprint density at radius 3 is 2.80 bits per heavy atom. The first-order valence-corrected chi connectivity index (χ1v) is 6.66. The van der Waals surface area contributed by atoms with Crippen LogP contribution >= 0.6 is 0 Å². The molecule has 0 saturated carbocycles. The molecule has 1 unspecified atom stereocenters. The molecule has 2 rings (SSSR count). The van der Waals surface area contributed by atoms with E-state index in [2.05, 4.69) is 10.3 Å². The topological polar surface area (TPSA) is 82.2 Å². The summed E-state index contributed by atoms with van der Waals surface area (Å²) in [5, 5.41) is 12.6. The molecule has 0 fully saturated rings. The number of H-pyrrole nitrogens is 1. The van der Waals surface area contributed by atoms with E-state index in [1.165, 1.54) is 0 Å². The molecule has 1 aromatic carbocycles. The summed E-state index contributed by atoms with van der Waals surface area (Å²) in [5.74, 6) is -1.05. The highest BCUT2D eigenvalue weighted by Gasteiger charge is 2.15. The molecule has 1 atom stereocenters. The van der Waals surface area contributed by atoms with Crippen LogP contribution in [-0.4, -0.2) is 28.0 Å². The summed E-state index contributed by atoms with van der Waals surface area (Å²) in [6.45, 7) is 1.86. The Kier molecular flexibility index (Phi) is 4.40. The number of aromatic amines is 1. The second-order valence-electron chi connectivity index (χ2n) is 4.81. The molecular weight excluding hydrogens is 256 g/mol. The average molecular weight is 274 g/mol. The molecule has 0 saturated heterocycles. The van der Waals surface area contributed by atoms with E-state index in [-0.39, 0.29) is 24.8 Å². The highest BCUT2D eigenvalue weighted by atomic mass is 16.4. The van der Waals surface area contributed by atoms with Gasteiger partial charge in [0.2, 0.25) is 5.91 Å². The van der Waals surface area contributed by atoms with Gasteiger partial charge in [-0.05, 0) is 18.1 Å². The highest BCUT2D eigenvalue weighted by molar-refractivity contribution is 5.89. The van der Waals surface area contributed by atoms with Gasteiger partial charge in [0.15, 0.2) is 0 Å². The van der Waals surface area contributed by atoms with Gasteiger partial charge in [-0.2, -0.15) is 0 Å². The quantitative estimate of drug-likeness (QED) is 0.754. The lowest BCUT2D eigenvalue weighted by atomic mass is 10.1. The number of carboxylic acid groups (broad SMARTS) is 1. The highest BCUT2D eigenvalue weighted by Crippen LogP contribution is 2.18. The van der Waals surface area contributed by atoms with Crippen LogP contribution < -0.4 is 5.32 Å². The number of para-hydroxylation sites is 1. The monoisotopic (exact) mass is 274 g/mol. The summed E-state index contributed by atoms with van der Waals surface area (Å²) in [5.41, 5.74) is 1.91. The van der Waals surface area contributed by atoms with Crippen molar-refractivity contribution in [1.82, 2.24) is 10.3 Å². The molecule has 0 spiro atoms. The third-order valence-corrected chi connectivity index (χ3v) is 3.30. The van der Waals surface area contributed by atoms with Crippen molar-refractivity contribution in [3.05, 3.63) is 36.0 Å². The number of carbonyl (C=O) groups excluding carboxylic acids is 1. The molecule has 5 heteroatoms. The molecule has 106 valence electrons. The lowest BCUT2D eigenvalue weighted by Gasteiger charge is -2.14. The fraction of sp³-hybridized carbons (Fsp3) is 0.333. The summed E-state index contributed by atoms with van der Waals surface area (Å²) < 4.78 is 0. The molecule has 0 aliphatic rings. The molecule has 0 aliphatic carbocycles. The van der Waals surface area contributed by atoms with Crippen molar-refractivity contribution in [3.63, 3.8) is 0 Å². The number of hydrogen-bond acceptors (Lipinski definition) is 2. The van der Waals surface area contributed by atoms with Gasteiger partial charge in [-0.3, -0.25) is 9.59 Å². The smallest absolute Gasteiger partial charge is 0.305 e. The Bertz CT molecular complexity index is 618. The summed E-state index contributed by atoms with van der Waals surface area (Å²) in [6.07, 6.45) is 2.63. The van der Waals surface area contributed by atoms with Crippen molar-refractivity contribution >= 4 is 22.8 Å². The van der Waals surface area contributed by atoms with Gasteiger partial charge in [0.05, 0.1) is 12.8 Å². The fourth-order valence-corrected chi connectivity index (χ4v) is 2.24. The predicted molar refractivity (Wildman–Crippen MR) is 76.5 cm³/mol. The number of rotatable bonds is 6. The number of amides is 1. The van der Waals surface area contributed by atoms with Gasteiger partial charge >= 0.3 is 5.97 Å². The predicted octanol–water partition coefficient (Wildman–Crippen LogP) is 2.08. The molecule has 3 N–H and O–H groups in total. The number of carboxylic acids is 1. The number of aromatic nitrogens is 1. The molecule has 1 aromatic heterocycles. The van der Waals surface area contributed by atoms with Crippen molar-refractivity contribution < 1.29 is 14.7 Å². The number of fused-ring (bicyclic) bond motifs is 1. The van der Waals surface area contributed by atoms with E-state index in [0.717, 1.165) is 16.5 Å². The van der Waals surface area contributed by atoms with Crippen molar-refractivity contribution in [2.45, 2.75) is 32.2 Å². The normalized spacial score (nSPS) is 12.2. The summed E-state index contributed by atoms with van der Waals surface area (Å²) in [7, 11) is 0. The first-order chi connectivity index (χ1) is 9.60. The fourth-order valence-electron chi connectivity index (χ4n) is 2.24. The van der Waals surface area contributed by atoms with Crippen molar-refractivity contribution in [2.75, 3.05) is 0 Å². The summed E-state index contributed by atoms with van der Waals surface area (Å²) in [6, 6.07) is 7.46. The maximum absolute atomic E-state index is 12.0. The first-order valence-electron chi connectivity index (χ1n) is 6.66. The van der Waals surface area contributed by atoms with Gasteiger partial charge in [-0.15, -0.1) is 0 Å². The molecule has 2 aromatic rings. The molecular formula is C15H18N2O3. The standard InChI is InChI=1S/C15H18N2O3/c1-2-11(8-15(19)20)17-14(18)7-10-9-16-13-6-4-3-5-12(10)13/h3-6,9,11,16H,2,7-8H2,1H3,(H,17,18)(H,19,20). The number of nitrogens with one attached hydrogen (secondary N) is 2. The van der Waals surface area contributed by atoms with E-state index < -0.39 is 5.97 Å². The van der Waals surface area contributed by atoms with Crippen LogP contribution in [0.25, 0.3) is 10.9 Å². The van der Waals surface area contributed by atoms with Gasteiger partial charge < -0.3 is 15.4 Å². The Morgan fingerprint density at radius 2 is 2.10 bits per heavy atom. The zero-order chi connectivity index (χ0) is 14.5. The third-order valence-electron chi connectivity index (χ3n) is 3.30. The summed E-state index contributed by atoms with van der Waals surface area (Å²) in [4.78, 5) is 25.8. The van der Waals surface area contributed by atoms with Crippen LogP contribution in [0.5, 0.6) is 0 Å². The van der Waals surface area contributed by atoms with Gasteiger partial charge in [0, 0.05) is 23.1 Å². The Labute approximate surface area is 117 Å². The van der Waals surface area contributed by atoms with Crippen LogP contribution in [0.1, 0.15) is 25.3 Å². The molecule has 20 heavy (non-hydrogen) atoms. The lowest BCUT2D eigenvalue weighted by Crippen LogP contribution is -2.36. The maximum atomic E-state index is 12.0. The minimum absolute atomic E-state index is 0.0455. The number of benzene rings is 1. The van der Waals surface area contributed by atoms with Crippen molar-refractivity contribution in [1.29, 1.82) is 0 Å². The van der Waals surface area contributed by atoms with E-state index in [9.17, 15) is 9.59 Å². The van der Waals surface area contributed by atoms with Crippen LogP contribution in [0.4, 0.5) is 0 Å². The molecule has 1 amide bonds. The van der Waals surface area contributed by atoms with Gasteiger partial charge in [0.25, 0.3) is 0 Å². The van der Waals surface area contributed by atoms with Crippen LogP contribution in [0.2, 0.25) is 0 Å². The van der Waals surface area contributed by atoms with Crippen LogP contribution in [0.3, 0.4) is 0 Å². The van der Waals surface area contributed by atoms with E-state index in [0.29, 0.717) is 6.42 Å². The van der Waals surface area contributed by atoms with Crippen molar-refractivity contribution in [3.8, 4) is 0 Å². The zero-order valence-corrected chi connectivity index (χ0v) is 11.3. The molecule has 0 aliphatic heterocycles. The van der Waals surface area contributed by atoms with Crippen LogP contribution in [0, 0.1) is 0 Å². The van der Waals surface area contributed by atoms with E-state index in [1.807, 2.05) is 37.4 Å². The number of carbonyl (C=O) groups is 2. The second kappa shape index (κ2) is 6.23. The molecule has 0 bridgehead atoms.